The largest absolute Gasteiger partial charge is 0.368 e. The fourth-order valence-corrected chi connectivity index (χ4v) is 5.92. The predicted octanol–water partition coefficient (Wildman–Crippen LogP) is 5.53. The number of carbonyl (C=O) groups excluding carboxylic acids is 1. The van der Waals surface area contributed by atoms with Crippen molar-refractivity contribution in [1.82, 2.24) is 9.88 Å². The van der Waals surface area contributed by atoms with Gasteiger partial charge in [-0.05, 0) is 60.4 Å². The number of para-hydroxylation sites is 1. The predicted molar refractivity (Wildman–Crippen MR) is 148 cm³/mol. The molecule has 1 unspecified atom stereocenters. The van der Waals surface area contributed by atoms with Crippen LogP contribution in [-0.2, 0) is 17.6 Å². The summed E-state index contributed by atoms with van der Waals surface area (Å²) in [5.74, 6) is 0.159. The lowest BCUT2D eigenvalue weighted by atomic mass is 9.94. The molecule has 1 aromatic heterocycles. The van der Waals surface area contributed by atoms with E-state index in [0.717, 1.165) is 56.8 Å². The molecule has 1 atom stereocenters. The number of fused-ring (bicyclic) bond motifs is 2. The van der Waals surface area contributed by atoms with Crippen molar-refractivity contribution in [1.29, 1.82) is 0 Å². The molecule has 0 aliphatic carbocycles. The summed E-state index contributed by atoms with van der Waals surface area (Å²) in [6, 6.07) is 24.8. The highest BCUT2D eigenvalue weighted by Gasteiger charge is 2.33. The van der Waals surface area contributed by atoms with Crippen molar-refractivity contribution in [3.05, 3.63) is 95.1 Å². The Morgan fingerprint density at radius 1 is 0.889 bits per heavy atom. The third-order valence-electron chi connectivity index (χ3n) is 7.65. The standard InChI is InChI=1S/C30H31ClN4O/c31-24-11-8-22(9-12-24)20-30(36)35-25(13-10-23-4-1-2-6-28(23)35)21-33-16-18-34(19-17-33)29-7-3-5-27-26(29)14-15-32-27/h1-9,11-12,14-15,25,32H,10,13,16-21H2. The number of aryl methyl sites for hydroxylation is 1. The molecule has 184 valence electrons. The number of carbonyl (C=O) groups is 1. The molecule has 1 amide bonds. The van der Waals surface area contributed by atoms with Crippen molar-refractivity contribution in [2.24, 2.45) is 0 Å². The molecule has 1 N–H and O–H groups in total. The molecule has 1 saturated heterocycles. The highest BCUT2D eigenvalue weighted by atomic mass is 35.5. The normalized spacial score (nSPS) is 18.4. The quantitative estimate of drug-likeness (QED) is 0.393. The Hall–Kier alpha value is -3.28. The number of H-pyrrole nitrogens is 1. The number of aromatic amines is 1. The second-order valence-corrected chi connectivity index (χ2v) is 10.3. The topological polar surface area (TPSA) is 42.6 Å². The second-order valence-electron chi connectivity index (χ2n) is 9.89. The van der Waals surface area contributed by atoms with Crippen molar-refractivity contribution < 1.29 is 4.79 Å². The van der Waals surface area contributed by atoms with E-state index in [-0.39, 0.29) is 11.9 Å². The third-order valence-corrected chi connectivity index (χ3v) is 7.91. The summed E-state index contributed by atoms with van der Waals surface area (Å²) in [4.78, 5) is 24.1. The van der Waals surface area contributed by atoms with Gasteiger partial charge in [0.05, 0.1) is 6.42 Å². The van der Waals surface area contributed by atoms with Gasteiger partial charge in [0.2, 0.25) is 5.91 Å². The van der Waals surface area contributed by atoms with Crippen LogP contribution >= 0.6 is 11.6 Å². The summed E-state index contributed by atoms with van der Waals surface area (Å²) < 4.78 is 0. The molecule has 0 spiro atoms. The smallest absolute Gasteiger partial charge is 0.231 e. The Bertz CT molecular complexity index is 1360. The number of benzene rings is 3. The number of piperazine rings is 1. The number of aromatic nitrogens is 1. The minimum absolute atomic E-state index is 0.159. The number of rotatable bonds is 5. The lowest BCUT2D eigenvalue weighted by molar-refractivity contribution is -0.118. The van der Waals surface area contributed by atoms with Gasteiger partial charge in [0.1, 0.15) is 0 Å². The summed E-state index contributed by atoms with van der Waals surface area (Å²) in [7, 11) is 0. The van der Waals surface area contributed by atoms with Crippen molar-refractivity contribution in [3.8, 4) is 0 Å². The fraction of sp³-hybridized carbons (Fsp3) is 0.300. The Labute approximate surface area is 217 Å². The number of nitrogens with zero attached hydrogens (tertiary/aromatic N) is 3. The highest BCUT2D eigenvalue weighted by molar-refractivity contribution is 6.30. The second kappa shape index (κ2) is 10.00. The van der Waals surface area contributed by atoms with E-state index < -0.39 is 0 Å². The van der Waals surface area contributed by atoms with Crippen molar-refractivity contribution in [3.63, 3.8) is 0 Å². The van der Waals surface area contributed by atoms with Crippen LogP contribution in [0.4, 0.5) is 11.4 Å². The van der Waals surface area contributed by atoms with Crippen molar-refractivity contribution in [2.75, 3.05) is 42.5 Å². The molecule has 5 nitrogen and oxygen atoms in total. The molecule has 3 aromatic carbocycles. The molecule has 0 saturated carbocycles. The van der Waals surface area contributed by atoms with Crippen LogP contribution in [0.25, 0.3) is 10.9 Å². The van der Waals surface area contributed by atoms with E-state index in [4.69, 9.17) is 11.6 Å². The van der Waals surface area contributed by atoms with E-state index >= 15 is 0 Å². The van der Waals surface area contributed by atoms with Gasteiger partial charge in [0.15, 0.2) is 0 Å². The van der Waals surface area contributed by atoms with Crippen LogP contribution in [0.1, 0.15) is 17.5 Å². The lowest BCUT2D eigenvalue weighted by Crippen LogP contribution is -2.54. The van der Waals surface area contributed by atoms with Crippen LogP contribution in [0.2, 0.25) is 5.02 Å². The average molecular weight is 499 g/mol. The van der Waals surface area contributed by atoms with Gasteiger partial charge < -0.3 is 14.8 Å². The molecular weight excluding hydrogens is 468 g/mol. The first kappa shape index (κ1) is 23.1. The van der Waals surface area contributed by atoms with Gasteiger partial charge in [0, 0.05) is 72.3 Å². The zero-order valence-corrected chi connectivity index (χ0v) is 21.1. The average Bonchev–Trinajstić information content (AvgIpc) is 3.39. The zero-order valence-electron chi connectivity index (χ0n) is 20.4. The van der Waals surface area contributed by atoms with E-state index in [1.807, 2.05) is 36.5 Å². The van der Waals surface area contributed by atoms with Gasteiger partial charge in [0.25, 0.3) is 0 Å². The Morgan fingerprint density at radius 3 is 2.50 bits per heavy atom. The summed E-state index contributed by atoms with van der Waals surface area (Å²) in [6.07, 6.45) is 4.41. The summed E-state index contributed by atoms with van der Waals surface area (Å²) in [5.41, 5.74) is 5.83. The molecule has 4 aromatic rings. The van der Waals surface area contributed by atoms with Gasteiger partial charge in [-0.15, -0.1) is 0 Å². The van der Waals surface area contributed by atoms with E-state index in [0.29, 0.717) is 11.4 Å². The number of hydrogen-bond donors (Lipinski definition) is 1. The molecule has 1 fully saturated rings. The first-order chi connectivity index (χ1) is 17.7. The summed E-state index contributed by atoms with van der Waals surface area (Å²) in [5, 5.41) is 1.98. The summed E-state index contributed by atoms with van der Waals surface area (Å²) >= 11 is 6.06. The van der Waals surface area contributed by atoms with E-state index in [1.165, 1.54) is 22.2 Å². The summed E-state index contributed by atoms with van der Waals surface area (Å²) in [6.45, 7) is 4.89. The van der Waals surface area contributed by atoms with Crippen LogP contribution in [0.5, 0.6) is 0 Å². The van der Waals surface area contributed by atoms with Gasteiger partial charge in [-0.25, -0.2) is 0 Å². The van der Waals surface area contributed by atoms with Gasteiger partial charge in [-0.2, -0.15) is 0 Å². The van der Waals surface area contributed by atoms with Crippen molar-refractivity contribution in [2.45, 2.75) is 25.3 Å². The molecule has 36 heavy (non-hydrogen) atoms. The molecule has 2 aliphatic rings. The number of anilines is 2. The van der Waals surface area contributed by atoms with Gasteiger partial charge in [-0.3, -0.25) is 9.69 Å². The molecule has 2 aliphatic heterocycles. The first-order valence-electron chi connectivity index (χ1n) is 12.8. The maximum atomic E-state index is 13.7. The maximum absolute atomic E-state index is 13.7. The first-order valence-corrected chi connectivity index (χ1v) is 13.2. The van der Waals surface area contributed by atoms with E-state index in [2.05, 4.69) is 62.1 Å². The Morgan fingerprint density at radius 2 is 1.67 bits per heavy atom. The molecule has 0 radical (unpaired) electrons. The molecule has 6 rings (SSSR count). The minimum Gasteiger partial charge on any atom is -0.368 e. The van der Waals surface area contributed by atoms with Crippen LogP contribution in [0.15, 0.2) is 79.0 Å². The van der Waals surface area contributed by atoms with E-state index in [1.54, 1.807) is 0 Å². The highest BCUT2D eigenvalue weighted by Crippen LogP contribution is 2.32. The Balaban J connectivity index is 1.17. The molecular formula is C30H31ClN4O. The fourth-order valence-electron chi connectivity index (χ4n) is 5.79. The van der Waals surface area contributed by atoms with Crippen LogP contribution < -0.4 is 9.80 Å². The molecule has 0 bridgehead atoms. The number of nitrogens with one attached hydrogen (secondary N) is 1. The van der Waals surface area contributed by atoms with Gasteiger partial charge >= 0.3 is 0 Å². The minimum atomic E-state index is 0.159. The van der Waals surface area contributed by atoms with E-state index in [9.17, 15) is 4.79 Å². The molecule has 6 heteroatoms. The number of halogens is 1. The van der Waals surface area contributed by atoms with Crippen LogP contribution in [-0.4, -0.2) is 54.6 Å². The lowest BCUT2D eigenvalue weighted by Gasteiger charge is -2.42. The number of amides is 1. The Kier molecular flexibility index (Phi) is 6.43. The van der Waals surface area contributed by atoms with Gasteiger partial charge in [-0.1, -0.05) is 48.0 Å². The maximum Gasteiger partial charge on any atom is 0.231 e. The van der Waals surface area contributed by atoms with Crippen LogP contribution in [0.3, 0.4) is 0 Å². The SMILES string of the molecule is O=C(Cc1ccc(Cl)cc1)N1c2ccccc2CCC1CN1CCN(c2cccc3[nH]ccc23)CC1. The molecule has 3 heterocycles. The van der Waals surface area contributed by atoms with Crippen molar-refractivity contribution >= 4 is 39.8 Å². The number of hydrogen-bond acceptors (Lipinski definition) is 3. The third kappa shape index (κ3) is 4.61. The van der Waals surface area contributed by atoms with Crippen LogP contribution in [0, 0.1) is 0 Å². The zero-order chi connectivity index (χ0) is 24.5. The monoisotopic (exact) mass is 498 g/mol.